The monoisotopic (exact) mass is 433 g/mol. The lowest BCUT2D eigenvalue weighted by molar-refractivity contribution is -0.949. The van der Waals surface area contributed by atoms with Crippen LogP contribution in [0.25, 0.3) is 0 Å². The molecule has 4 heteroatoms. The standard InChI is InChI=1S/C28H37N2O2/c1-30(15-16-32-18-17-31-2)26-13-14-27(30)20-23(19-26)21-28(22-29,24-9-5-3-6-10-24)25-11-7-4-8-12-25/h3-12,23,26-27H,13-21H2,1-2H3/q+1/t23-,26+,27-,30?. The van der Waals surface area contributed by atoms with Crippen molar-refractivity contribution in [3.05, 3.63) is 71.8 Å². The van der Waals surface area contributed by atoms with Crippen molar-refractivity contribution >= 4 is 0 Å². The molecule has 2 aliphatic heterocycles. The Morgan fingerprint density at radius 2 is 1.47 bits per heavy atom. The molecule has 0 amide bonds. The SMILES string of the molecule is COCCOCC[N+]1(C)[C@@H]2CC[C@H]1C[C@@H](CC(C#N)(c1ccccc1)c1ccccc1)C2. The zero-order chi connectivity index (χ0) is 22.4. The van der Waals surface area contributed by atoms with Gasteiger partial charge in [-0.05, 0) is 23.5 Å². The fourth-order valence-corrected chi connectivity index (χ4v) is 6.35. The van der Waals surface area contributed by atoms with Crippen LogP contribution >= 0.6 is 0 Å². The van der Waals surface area contributed by atoms with Crippen LogP contribution in [0.15, 0.2) is 60.7 Å². The average Bonchev–Trinajstić information content (AvgIpc) is 3.00. The zero-order valence-corrected chi connectivity index (χ0v) is 19.6. The van der Waals surface area contributed by atoms with E-state index in [-0.39, 0.29) is 0 Å². The molecule has 0 radical (unpaired) electrons. The van der Waals surface area contributed by atoms with Gasteiger partial charge in [0.1, 0.15) is 12.0 Å². The fourth-order valence-electron chi connectivity index (χ4n) is 6.35. The van der Waals surface area contributed by atoms with E-state index in [1.807, 2.05) is 12.1 Å². The molecular weight excluding hydrogens is 396 g/mol. The van der Waals surface area contributed by atoms with Crippen molar-refractivity contribution in [1.29, 1.82) is 5.26 Å². The van der Waals surface area contributed by atoms with E-state index in [1.54, 1.807) is 7.11 Å². The summed E-state index contributed by atoms with van der Waals surface area (Å²) in [5, 5.41) is 10.6. The number of hydrogen-bond acceptors (Lipinski definition) is 3. The highest BCUT2D eigenvalue weighted by atomic mass is 16.5. The summed E-state index contributed by atoms with van der Waals surface area (Å²) in [5.74, 6) is 0.563. The Balaban J connectivity index is 1.51. The normalized spacial score (nSPS) is 27.2. The van der Waals surface area contributed by atoms with Gasteiger partial charge in [-0.1, -0.05) is 60.7 Å². The minimum absolute atomic E-state index is 0.563. The molecule has 2 aromatic rings. The lowest BCUT2D eigenvalue weighted by Crippen LogP contribution is -2.59. The van der Waals surface area contributed by atoms with Crippen LogP contribution in [0.1, 0.15) is 43.2 Å². The van der Waals surface area contributed by atoms with Gasteiger partial charge in [0.05, 0.1) is 45.0 Å². The Labute approximate surface area is 193 Å². The van der Waals surface area contributed by atoms with E-state index in [0.29, 0.717) is 31.2 Å². The molecule has 0 spiro atoms. The molecule has 0 N–H and O–H groups in total. The molecule has 170 valence electrons. The first-order valence-electron chi connectivity index (χ1n) is 12.1. The quantitative estimate of drug-likeness (QED) is 0.394. The van der Waals surface area contributed by atoms with Crippen LogP contribution in [0.4, 0.5) is 0 Å². The van der Waals surface area contributed by atoms with Crippen LogP contribution in [-0.2, 0) is 14.9 Å². The number of nitriles is 1. The van der Waals surface area contributed by atoms with Crippen LogP contribution in [-0.4, -0.2) is 57.1 Å². The summed E-state index contributed by atoms with van der Waals surface area (Å²) in [7, 11) is 4.15. The summed E-state index contributed by atoms with van der Waals surface area (Å²) >= 11 is 0. The zero-order valence-electron chi connectivity index (χ0n) is 19.6. The Bertz CT molecular complexity index is 839. The maximum absolute atomic E-state index is 10.6. The minimum Gasteiger partial charge on any atom is -0.382 e. The second kappa shape index (κ2) is 10.2. The number of piperidine rings is 1. The number of methoxy groups -OCH3 is 1. The number of hydrogen-bond donors (Lipinski definition) is 0. The van der Waals surface area contributed by atoms with Gasteiger partial charge >= 0.3 is 0 Å². The molecule has 4 nitrogen and oxygen atoms in total. The highest BCUT2D eigenvalue weighted by Crippen LogP contribution is 2.48. The molecule has 2 saturated heterocycles. The Hall–Kier alpha value is -2.19. The molecule has 0 saturated carbocycles. The highest BCUT2D eigenvalue weighted by molar-refractivity contribution is 5.45. The van der Waals surface area contributed by atoms with Gasteiger partial charge in [0, 0.05) is 32.8 Å². The van der Waals surface area contributed by atoms with E-state index in [0.717, 1.165) is 35.2 Å². The van der Waals surface area contributed by atoms with Gasteiger partial charge in [-0.3, -0.25) is 0 Å². The number of nitrogens with zero attached hydrogens (tertiary/aromatic N) is 2. The smallest absolute Gasteiger partial charge is 0.107 e. The number of ether oxygens (including phenoxy) is 2. The minimum atomic E-state index is -0.587. The lowest BCUT2D eigenvalue weighted by Gasteiger charge is -2.48. The van der Waals surface area contributed by atoms with Crippen LogP contribution in [0.5, 0.6) is 0 Å². The van der Waals surface area contributed by atoms with E-state index in [1.165, 1.54) is 25.7 Å². The predicted molar refractivity (Wildman–Crippen MR) is 127 cm³/mol. The number of quaternary nitrogens is 1. The van der Waals surface area contributed by atoms with Crippen molar-refractivity contribution in [2.24, 2.45) is 5.92 Å². The number of likely N-dealkylation sites (N-methyl/N-ethyl adjacent to an activating group) is 1. The molecule has 4 atom stereocenters. The summed E-state index contributed by atoms with van der Waals surface area (Å²) in [4.78, 5) is 0. The van der Waals surface area contributed by atoms with E-state index in [2.05, 4.69) is 61.6 Å². The maximum atomic E-state index is 10.6. The molecule has 2 heterocycles. The summed E-state index contributed by atoms with van der Waals surface area (Å²) in [6.07, 6.45) is 5.90. The van der Waals surface area contributed by atoms with E-state index < -0.39 is 5.41 Å². The van der Waals surface area contributed by atoms with Gasteiger partial charge in [0.2, 0.25) is 0 Å². The summed E-state index contributed by atoms with van der Waals surface area (Å²) in [5.41, 5.74) is 1.65. The Kier molecular flexibility index (Phi) is 7.30. The van der Waals surface area contributed by atoms with Crippen LogP contribution in [0.2, 0.25) is 0 Å². The fraction of sp³-hybridized carbons (Fsp3) is 0.536. The number of fused-ring (bicyclic) bond motifs is 2. The molecule has 2 fully saturated rings. The Morgan fingerprint density at radius 3 is 1.97 bits per heavy atom. The molecule has 1 unspecified atom stereocenters. The first-order chi connectivity index (χ1) is 15.6. The molecule has 2 aliphatic rings. The average molecular weight is 434 g/mol. The van der Waals surface area contributed by atoms with Crippen molar-refractivity contribution in [2.75, 3.05) is 40.5 Å². The largest absolute Gasteiger partial charge is 0.382 e. The molecule has 2 bridgehead atoms. The highest BCUT2D eigenvalue weighted by Gasteiger charge is 2.52. The van der Waals surface area contributed by atoms with E-state index in [4.69, 9.17) is 9.47 Å². The van der Waals surface area contributed by atoms with E-state index >= 15 is 0 Å². The van der Waals surface area contributed by atoms with Gasteiger partial charge in [-0.25, -0.2) is 0 Å². The first kappa shape index (κ1) is 23.0. The molecular formula is C28H37N2O2+. The summed E-state index contributed by atoms with van der Waals surface area (Å²) < 4.78 is 12.1. The van der Waals surface area contributed by atoms with Gasteiger partial charge in [-0.2, -0.15) is 5.26 Å². The van der Waals surface area contributed by atoms with E-state index in [9.17, 15) is 5.26 Å². The maximum Gasteiger partial charge on any atom is 0.107 e. The van der Waals surface area contributed by atoms with Crippen LogP contribution < -0.4 is 0 Å². The van der Waals surface area contributed by atoms with Gasteiger partial charge in [-0.15, -0.1) is 0 Å². The van der Waals surface area contributed by atoms with Crippen LogP contribution in [0.3, 0.4) is 0 Å². The molecule has 2 aromatic carbocycles. The molecule has 32 heavy (non-hydrogen) atoms. The third-order valence-corrected chi connectivity index (χ3v) is 8.18. The molecule has 0 aliphatic carbocycles. The summed E-state index contributed by atoms with van der Waals surface area (Å²) in [6, 6.07) is 25.0. The third kappa shape index (κ3) is 4.48. The van der Waals surface area contributed by atoms with Crippen molar-refractivity contribution in [1.82, 2.24) is 0 Å². The Morgan fingerprint density at radius 1 is 0.906 bits per heavy atom. The van der Waals surface area contributed by atoms with Crippen LogP contribution in [0, 0.1) is 17.2 Å². The van der Waals surface area contributed by atoms with Gasteiger partial charge < -0.3 is 14.0 Å². The number of benzene rings is 2. The topological polar surface area (TPSA) is 42.2 Å². The second-order valence-electron chi connectivity index (χ2n) is 9.85. The van der Waals surface area contributed by atoms with Crippen molar-refractivity contribution < 1.29 is 14.0 Å². The summed E-state index contributed by atoms with van der Waals surface area (Å²) in [6.45, 7) is 3.21. The molecule has 4 rings (SSSR count). The number of rotatable bonds is 10. The molecule has 0 aromatic heterocycles. The first-order valence-corrected chi connectivity index (χ1v) is 12.1. The lowest BCUT2D eigenvalue weighted by atomic mass is 9.67. The second-order valence-corrected chi connectivity index (χ2v) is 9.85. The third-order valence-electron chi connectivity index (χ3n) is 8.18. The predicted octanol–water partition coefficient (Wildman–Crippen LogP) is 4.94. The van der Waals surface area contributed by atoms with Crippen molar-refractivity contribution in [3.63, 3.8) is 0 Å². The van der Waals surface area contributed by atoms with Gasteiger partial charge in [0.25, 0.3) is 0 Å². The van der Waals surface area contributed by atoms with Crippen molar-refractivity contribution in [3.8, 4) is 6.07 Å². The van der Waals surface area contributed by atoms with Crippen molar-refractivity contribution in [2.45, 2.75) is 49.6 Å². The van der Waals surface area contributed by atoms with Gasteiger partial charge in [0.15, 0.2) is 0 Å².